The van der Waals surface area contributed by atoms with Crippen LogP contribution >= 0.6 is 0 Å². The molecule has 0 heterocycles. The largest absolute Gasteiger partial charge is 0.435 e. The fraction of sp³-hybridized carbons (Fsp3) is 0.455. The molecule has 0 spiro atoms. The van der Waals surface area contributed by atoms with Crippen molar-refractivity contribution in [1.82, 2.24) is 0 Å². The third kappa shape index (κ3) is 3.18. The second-order valence-corrected chi connectivity index (χ2v) is 4.01. The summed E-state index contributed by atoms with van der Waals surface area (Å²) in [6.07, 6.45) is -12.6. The molecule has 1 rings (SSSR count). The maximum Gasteiger partial charge on any atom is 0.435 e. The van der Waals surface area contributed by atoms with Gasteiger partial charge in [0, 0.05) is 5.56 Å². The maximum absolute atomic E-state index is 13.7. The van der Waals surface area contributed by atoms with E-state index in [9.17, 15) is 39.5 Å². The van der Waals surface area contributed by atoms with Crippen LogP contribution in [0.25, 0.3) is 0 Å². The van der Waals surface area contributed by atoms with E-state index >= 15 is 0 Å². The fourth-order valence-electron chi connectivity index (χ4n) is 1.53. The molecular formula is C11H7F9O. The number of benzene rings is 1. The van der Waals surface area contributed by atoms with E-state index in [1.807, 2.05) is 0 Å². The van der Waals surface area contributed by atoms with E-state index in [1.54, 1.807) is 0 Å². The van der Waals surface area contributed by atoms with Gasteiger partial charge in [0.1, 0.15) is 5.75 Å². The molecule has 0 aliphatic carbocycles. The Morgan fingerprint density at radius 3 is 1.76 bits per heavy atom. The molecule has 0 amide bonds. The van der Waals surface area contributed by atoms with Crippen molar-refractivity contribution in [3.63, 3.8) is 0 Å². The molecule has 120 valence electrons. The maximum atomic E-state index is 13.7. The number of hydrogen-bond donors (Lipinski definition) is 0. The zero-order chi connectivity index (χ0) is 16.6. The molecule has 0 aromatic heterocycles. The Hall–Kier alpha value is -1.61. The third-order valence-corrected chi connectivity index (χ3v) is 2.58. The molecular weight excluding hydrogens is 319 g/mol. The molecule has 0 aliphatic heterocycles. The second-order valence-electron chi connectivity index (χ2n) is 4.01. The number of ether oxygens (including phenoxy) is 1. The van der Waals surface area contributed by atoms with Gasteiger partial charge in [-0.3, -0.25) is 0 Å². The van der Waals surface area contributed by atoms with Gasteiger partial charge >= 0.3 is 24.6 Å². The van der Waals surface area contributed by atoms with Gasteiger partial charge in [0.25, 0.3) is 0 Å². The van der Waals surface area contributed by atoms with Crippen LogP contribution in [0.2, 0.25) is 0 Å². The quantitative estimate of drug-likeness (QED) is 0.719. The van der Waals surface area contributed by atoms with Crippen molar-refractivity contribution in [2.24, 2.45) is 0 Å². The topological polar surface area (TPSA) is 9.23 Å². The SMILES string of the molecule is Cc1ccc(C(F)(C(F)(F)F)C(F)(F)F)cc1OC(F)F. The zero-order valence-corrected chi connectivity index (χ0v) is 10.1. The van der Waals surface area contributed by atoms with Crippen LogP contribution in [0.15, 0.2) is 18.2 Å². The Morgan fingerprint density at radius 1 is 0.905 bits per heavy atom. The monoisotopic (exact) mass is 326 g/mol. The van der Waals surface area contributed by atoms with Gasteiger partial charge in [-0.15, -0.1) is 0 Å². The van der Waals surface area contributed by atoms with Gasteiger partial charge in [-0.25, -0.2) is 4.39 Å². The van der Waals surface area contributed by atoms with E-state index in [0.29, 0.717) is 6.07 Å². The Bertz CT molecular complexity index is 489. The van der Waals surface area contributed by atoms with Gasteiger partial charge in [0.05, 0.1) is 0 Å². The number of hydrogen-bond acceptors (Lipinski definition) is 1. The number of halogens is 9. The van der Waals surface area contributed by atoms with E-state index in [0.717, 1.165) is 6.92 Å². The molecule has 10 heteroatoms. The second kappa shape index (κ2) is 5.30. The molecule has 0 N–H and O–H groups in total. The summed E-state index contributed by atoms with van der Waals surface area (Å²) < 4.78 is 117. The minimum absolute atomic E-state index is 0.0392. The molecule has 0 unspecified atom stereocenters. The molecule has 0 saturated carbocycles. The number of rotatable bonds is 3. The highest BCUT2D eigenvalue weighted by Gasteiger charge is 2.73. The van der Waals surface area contributed by atoms with Crippen molar-refractivity contribution in [3.8, 4) is 5.75 Å². The van der Waals surface area contributed by atoms with Crippen LogP contribution in [-0.2, 0) is 5.67 Å². The van der Waals surface area contributed by atoms with Crippen molar-refractivity contribution < 1.29 is 44.3 Å². The van der Waals surface area contributed by atoms with Crippen LogP contribution in [0.1, 0.15) is 11.1 Å². The van der Waals surface area contributed by atoms with E-state index in [4.69, 9.17) is 0 Å². The fourth-order valence-corrected chi connectivity index (χ4v) is 1.53. The van der Waals surface area contributed by atoms with Gasteiger partial charge in [-0.2, -0.15) is 35.1 Å². The summed E-state index contributed by atoms with van der Waals surface area (Å²) in [5.74, 6) is -0.974. The third-order valence-electron chi connectivity index (χ3n) is 2.58. The number of alkyl halides is 9. The van der Waals surface area contributed by atoms with Crippen LogP contribution in [0.4, 0.5) is 39.5 Å². The summed E-state index contributed by atoms with van der Waals surface area (Å²) in [5.41, 5.74) is -7.75. The molecule has 0 saturated heterocycles. The lowest BCUT2D eigenvalue weighted by atomic mass is 9.93. The van der Waals surface area contributed by atoms with Crippen LogP contribution in [0, 0.1) is 6.92 Å². The number of aryl methyl sites for hydroxylation is 1. The first-order valence-electron chi connectivity index (χ1n) is 5.19. The first-order chi connectivity index (χ1) is 9.30. The van der Waals surface area contributed by atoms with E-state index < -0.39 is 35.9 Å². The molecule has 0 atom stereocenters. The van der Waals surface area contributed by atoms with Gasteiger partial charge < -0.3 is 4.74 Å². The highest BCUT2D eigenvalue weighted by atomic mass is 19.4. The van der Waals surface area contributed by atoms with Gasteiger partial charge in [-0.05, 0) is 18.6 Å². The minimum atomic E-state index is -6.32. The lowest BCUT2D eigenvalue weighted by Crippen LogP contribution is -2.50. The predicted octanol–water partition coefficient (Wildman–Crippen LogP) is 4.89. The Balaban J connectivity index is 3.48. The Morgan fingerprint density at radius 2 is 1.38 bits per heavy atom. The Labute approximate surface area is 112 Å². The van der Waals surface area contributed by atoms with E-state index in [2.05, 4.69) is 4.74 Å². The summed E-state index contributed by atoms with van der Waals surface area (Å²) in [5, 5.41) is 0. The molecule has 1 aromatic rings. The molecule has 0 bridgehead atoms. The lowest BCUT2D eigenvalue weighted by molar-refractivity contribution is -0.348. The lowest BCUT2D eigenvalue weighted by Gasteiger charge is -2.30. The first-order valence-corrected chi connectivity index (χ1v) is 5.19. The average Bonchev–Trinajstić information content (AvgIpc) is 2.27. The van der Waals surface area contributed by atoms with Gasteiger partial charge in [0.2, 0.25) is 0 Å². The van der Waals surface area contributed by atoms with Gasteiger partial charge in [0.15, 0.2) is 0 Å². The van der Waals surface area contributed by atoms with Gasteiger partial charge in [-0.1, -0.05) is 12.1 Å². The molecule has 0 aliphatic rings. The molecule has 1 nitrogen and oxygen atoms in total. The molecule has 0 fully saturated rings. The predicted molar refractivity (Wildman–Crippen MR) is 52.7 cm³/mol. The van der Waals surface area contributed by atoms with Crippen LogP contribution in [0.3, 0.4) is 0 Å². The van der Waals surface area contributed by atoms with Crippen LogP contribution in [0.5, 0.6) is 5.75 Å². The van der Waals surface area contributed by atoms with E-state index in [-0.39, 0.29) is 17.7 Å². The minimum Gasteiger partial charge on any atom is -0.435 e. The summed E-state index contributed by atoms with van der Waals surface area (Å²) in [4.78, 5) is 0. The molecule has 1 aromatic carbocycles. The highest BCUT2D eigenvalue weighted by molar-refractivity contribution is 5.40. The molecule has 0 radical (unpaired) electrons. The van der Waals surface area contributed by atoms with Crippen molar-refractivity contribution >= 4 is 0 Å². The summed E-state index contributed by atoms with van der Waals surface area (Å²) in [6.45, 7) is -2.38. The Kier molecular flexibility index (Phi) is 4.40. The van der Waals surface area contributed by atoms with Crippen molar-refractivity contribution in [3.05, 3.63) is 29.3 Å². The smallest absolute Gasteiger partial charge is 0.435 e. The van der Waals surface area contributed by atoms with Crippen molar-refractivity contribution in [2.45, 2.75) is 31.6 Å². The standard InChI is InChI=1S/C11H7F9O/c1-5-2-3-6(4-7(5)21-8(12)13)9(14,10(15,16)17)11(18,19)20/h2-4,8H,1H3. The first kappa shape index (κ1) is 17.4. The van der Waals surface area contributed by atoms with Crippen molar-refractivity contribution in [2.75, 3.05) is 0 Å². The van der Waals surface area contributed by atoms with Crippen LogP contribution in [-0.4, -0.2) is 19.0 Å². The summed E-state index contributed by atoms with van der Waals surface area (Å²) in [6, 6.07) is 0.802. The zero-order valence-electron chi connectivity index (χ0n) is 10.1. The highest BCUT2D eigenvalue weighted by Crippen LogP contribution is 2.53. The summed E-state index contributed by atoms with van der Waals surface area (Å²) in [7, 11) is 0. The van der Waals surface area contributed by atoms with Crippen molar-refractivity contribution in [1.29, 1.82) is 0 Å². The normalized spacial score (nSPS) is 13.7. The van der Waals surface area contributed by atoms with E-state index in [1.165, 1.54) is 0 Å². The average molecular weight is 326 g/mol. The summed E-state index contributed by atoms with van der Waals surface area (Å²) >= 11 is 0. The molecule has 21 heavy (non-hydrogen) atoms. The van der Waals surface area contributed by atoms with Crippen LogP contribution < -0.4 is 4.74 Å².